The normalized spacial score (nSPS) is 14.9. The Labute approximate surface area is 218 Å². The third kappa shape index (κ3) is 5.55. The maximum atomic E-state index is 12.9. The van der Waals surface area contributed by atoms with E-state index in [4.69, 9.17) is 4.52 Å². The summed E-state index contributed by atoms with van der Waals surface area (Å²) >= 11 is 0. The fourth-order valence-corrected chi connectivity index (χ4v) is 5.96. The smallest absolute Gasteiger partial charge is 0.321 e. The molecule has 6 nitrogen and oxygen atoms in total. The van der Waals surface area contributed by atoms with E-state index in [2.05, 4.69) is 4.98 Å². The summed E-state index contributed by atoms with van der Waals surface area (Å²) in [5.41, 5.74) is 4.74. The molecule has 0 amide bonds. The molecule has 37 heavy (non-hydrogen) atoms. The predicted octanol–water partition coefficient (Wildman–Crippen LogP) is 6.47. The Morgan fingerprint density at radius 2 is 1.62 bits per heavy atom. The van der Waals surface area contributed by atoms with E-state index in [0.29, 0.717) is 12.0 Å². The third-order valence-corrected chi connectivity index (χ3v) is 10.6. The number of nitrogens with zero attached hydrogens (tertiary/aromatic N) is 1. The highest BCUT2D eigenvalue weighted by Crippen LogP contribution is 2.43. The monoisotopic (exact) mass is 537 g/mol. The van der Waals surface area contributed by atoms with Crippen LogP contribution in [0.2, 0.25) is 0 Å². The number of fused-ring (bicyclic) bond motifs is 1. The number of pyridine rings is 1. The highest BCUT2D eigenvalue weighted by molar-refractivity contribution is 7.91. The molecule has 1 aromatic heterocycles. The molecule has 0 aliphatic carbocycles. The lowest BCUT2D eigenvalue weighted by Crippen LogP contribution is -2.28. The first-order valence-corrected chi connectivity index (χ1v) is 15.6. The van der Waals surface area contributed by atoms with E-state index in [1.807, 2.05) is 61.5 Å². The summed E-state index contributed by atoms with van der Waals surface area (Å²) < 4.78 is 42.4. The van der Waals surface area contributed by atoms with Gasteiger partial charge in [0.25, 0.3) is 0 Å². The van der Waals surface area contributed by atoms with Crippen molar-refractivity contribution in [3.8, 4) is 22.3 Å². The van der Waals surface area contributed by atoms with Crippen LogP contribution in [-0.2, 0) is 23.7 Å². The van der Waals surface area contributed by atoms with Gasteiger partial charge in [0.05, 0.1) is 21.7 Å². The summed E-state index contributed by atoms with van der Waals surface area (Å²) in [6.07, 6.45) is 3.26. The Morgan fingerprint density at radius 3 is 2.30 bits per heavy atom. The average molecular weight is 538 g/mol. The first-order valence-electron chi connectivity index (χ1n) is 12.1. The van der Waals surface area contributed by atoms with Crippen molar-refractivity contribution in [1.29, 1.82) is 0 Å². The maximum Gasteiger partial charge on any atom is 0.359 e. The van der Waals surface area contributed by atoms with Crippen LogP contribution in [0.25, 0.3) is 33.2 Å². The molecule has 0 saturated carbocycles. The molecule has 0 saturated heterocycles. The second-order valence-electron chi connectivity index (χ2n) is 9.86. The minimum atomic E-state index is -3.98. The van der Waals surface area contributed by atoms with Crippen LogP contribution in [-0.4, -0.2) is 30.7 Å². The van der Waals surface area contributed by atoms with Crippen LogP contribution in [0.4, 0.5) is 0 Å². The van der Waals surface area contributed by atoms with Gasteiger partial charge in [-0.25, -0.2) is 8.42 Å². The molecule has 0 bridgehead atoms. The van der Waals surface area contributed by atoms with Crippen LogP contribution in [0.5, 0.6) is 0 Å². The van der Waals surface area contributed by atoms with Crippen molar-refractivity contribution in [2.75, 3.05) is 6.26 Å². The zero-order chi connectivity index (χ0) is 27.0. The van der Waals surface area contributed by atoms with E-state index in [1.165, 1.54) is 6.26 Å². The van der Waals surface area contributed by atoms with Gasteiger partial charge in [-0.15, -0.1) is 0 Å². The van der Waals surface area contributed by atoms with Gasteiger partial charge < -0.3 is 9.42 Å². The van der Waals surface area contributed by atoms with E-state index in [-0.39, 0.29) is 11.4 Å². The van der Waals surface area contributed by atoms with Crippen molar-refractivity contribution in [3.05, 3.63) is 84.6 Å². The molecule has 4 aromatic rings. The summed E-state index contributed by atoms with van der Waals surface area (Å²) in [5.74, 6) is 0. The van der Waals surface area contributed by atoms with Gasteiger partial charge in [0.15, 0.2) is 9.84 Å². The molecular weight excluding hydrogens is 505 g/mol. The molecule has 0 fully saturated rings. The largest absolute Gasteiger partial charge is 0.359 e. The second kappa shape index (κ2) is 10.1. The number of benzene rings is 3. The highest BCUT2D eigenvalue weighted by atomic mass is 32.2. The van der Waals surface area contributed by atoms with Gasteiger partial charge in [0.1, 0.15) is 0 Å². The van der Waals surface area contributed by atoms with Crippen LogP contribution in [0, 0.1) is 0 Å². The molecule has 1 heterocycles. The predicted molar refractivity (Wildman–Crippen MR) is 151 cm³/mol. The van der Waals surface area contributed by atoms with E-state index < -0.39 is 22.2 Å². The summed E-state index contributed by atoms with van der Waals surface area (Å²) in [6.45, 7) is 7.09. The Kier molecular flexibility index (Phi) is 7.46. The summed E-state index contributed by atoms with van der Waals surface area (Å²) in [6, 6.07) is 22.2. The van der Waals surface area contributed by atoms with Crippen molar-refractivity contribution in [2.45, 2.75) is 45.0 Å². The lowest BCUT2D eigenvalue weighted by molar-refractivity contribution is 0.192. The minimum absolute atomic E-state index is 0.236. The van der Waals surface area contributed by atoms with Gasteiger partial charge in [-0.1, -0.05) is 43.3 Å². The zero-order valence-electron chi connectivity index (χ0n) is 21.7. The number of hydrogen-bond donors (Lipinski definition) is 1. The quantitative estimate of drug-likeness (QED) is 0.259. The molecule has 3 aromatic carbocycles. The van der Waals surface area contributed by atoms with Gasteiger partial charge in [-0.05, 0) is 85.8 Å². The van der Waals surface area contributed by atoms with E-state index in [0.717, 1.165) is 33.2 Å². The van der Waals surface area contributed by atoms with Gasteiger partial charge in [-0.2, -0.15) is 0 Å². The summed E-state index contributed by atoms with van der Waals surface area (Å²) in [4.78, 5) is 15.1. The second-order valence-corrected chi connectivity index (χ2v) is 14.2. The van der Waals surface area contributed by atoms with Crippen molar-refractivity contribution < 1.29 is 22.4 Å². The molecule has 1 N–H and O–H groups in total. The van der Waals surface area contributed by atoms with E-state index >= 15 is 0 Å². The molecule has 2 unspecified atom stereocenters. The van der Waals surface area contributed by atoms with E-state index in [9.17, 15) is 17.9 Å². The Balaban J connectivity index is 1.84. The van der Waals surface area contributed by atoms with Gasteiger partial charge in [0, 0.05) is 23.4 Å². The fourth-order valence-electron chi connectivity index (χ4n) is 4.08. The van der Waals surface area contributed by atoms with Crippen LogP contribution in [0.15, 0.2) is 79.0 Å². The van der Waals surface area contributed by atoms with Crippen LogP contribution in [0.3, 0.4) is 0 Å². The maximum absolute atomic E-state index is 12.9. The van der Waals surface area contributed by atoms with Crippen LogP contribution in [0.1, 0.15) is 39.7 Å². The lowest BCUT2D eigenvalue weighted by Gasteiger charge is -2.24. The summed E-state index contributed by atoms with van der Waals surface area (Å²) in [5, 5.41) is 1.09. The fraction of sp³-hybridized carbons (Fsp3) is 0.276. The van der Waals surface area contributed by atoms with Crippen molar-refractivity contribution in [1.82, 2.24) is 4.98 Å². The summed E-state index contributed by atoms with van der Waals surface area (Å²) in [7, 11) is -7.36. The van der Waals surface area contributed by atoms with Crippen molar-refractivity contribution in [2.24, 2.45) is 0 Å². The Hall–Kier alpha value is -2.83. The van der Waals surface area contributed by atoms with Crippen LogP contribution >= 0.6 is 7.60 Å². The molecule has 194 valence electrons. The standard InChI is InChI=1S/C29H32NO5PS/c1-6-20(2)35-36(31,32)26-14-8-11-22(18-26)21-10-7-12-23(16-21)27-19-25(29(3,4)37(5,33)34)17-24-13-9-15-30-28(24)27/h7-20H,6H2,1-5H3,(H,31,32). The number of hydrogen-bond acceptors (Lipinski definition) is 5. The highest BCUT2D eigenvalue weighted by Gasteiger charge is 2.33. The Bertz CT molecular complexity index is 1610. The van der Waals surface area contributed by atoms with Crippen molar-refractivity contribution in [3.63, 3.8) is 0 Å². The average Bonchev–Trinajstić information content (AvgIpc) is 2.87. The topological polar surface area (TPSA) is 93.6 Å². The SMILES string of the molecule is CCC(C)OP(=O)(O)c1cccc(-c2cccc(-c3cc(C(C)(C)S(C)(=O)=O)cc4cccnc34)c2)c1. The van der Waals surface area contributed by atoms with Gasteiger partial charge in [0.2, 0.25) is 0 Å². The van der Waals surface area contributed by atoms with Gasteiger partial charge >= 0.3 is 7.60 Å². The molecule has 0 radical (unpaired) electrons. The molecule has 0 aliphatic heterocycles. The molecule has 8 heteroatoms. The lowest BCUT2D eigenvalue weighted by atomic mass is 9.92. The first kappa shape index (κ1) is 27.2. The zero-order valence-corrected chi connectivity index (χ0v) is 23.4. The Morgan fingerprint density at radius 1 is 0.973 bits per heavy atom. The molecule has 0 spiro atoms. The number of aromatic nitrogens is 1. The van der Waals surface area contributed by atoms with Crippen molar-refractivity contribution >= 4 is 33.6 Å². The molecule has 0 aliphatic rings. The molecule has 2 atom stereocenters. The molecular formula is C29H32NO5PS. The number of rotatable bonds is 8. The molecule has 4 rings (SSSR count). The first-order chi connectivity index (χ1) is 17.3. The van der Waals surface area contributed by atoms with Gasteiger partial charge in [-0.3, -0.25) is 9.55 Å². The third-order valence-electron chi connectivity index (χ3n) is 6.90. The minimum Gasteiger partial charge on any atom is -0.321 e. The van der Waals surface area contributed by atoms with Crippen LogP contribution < -0.4 is 5.30 Å². The van der Waals surface area contributed by atoms with E-state index in [1.54, 1.807) is 45.2 Å². The number of sulfone groups is 1.